The second-order valence-electron chi connectivity index (χ2n) is 14.6. The van der Waals surface area contributed by atoms with E-state index in [9.17, 15) is 5.11 Å². The second-order valence-corrected chi connectivity index (χ2v) is 14.6. The predicted octanol–water partition coefficient (Wildman–Crippen LogP) is 11.7. The molecule has 0 bridgehead atoms. The minimum atomic E-state index is -0.175. The molecular weight excluding hydrogens is 830 g/mol. The van der Waals surface area contributed by atoms with Gasteiger partial charge < -0.3 is 5.11 Å². The number of rotatable bonds is 5. The molecule has 0 atom stereocenters. The molecule has 0 unspecified atom stereocenters. The molecule has 6 aromatic carbocycles. The maximum absolute atomic E-state index is 11.3. The van der Waals surface area contributed by atoms with Crippen molar-refractivity contribution in [3.8, 4) is 67.7 Å². The summed E-state index contributed by atoms with van der Waals surface area (Å²) in [5, 5.41) is 13.4. The molecule has 2 heterocycles. The Hall–Kier alpha value is -5.57. The summed E-state index contributed by atoms with van der Waals surface area (Å²) in [6, 6.07) is 51.7. The van der Waals surface area contributed by atoms with Crippen LogP contribution in [0.1, 0.15) is 37.5 Å². The van der Waals surface area contributed by atoms with Crippen molar-refractivity contribution in [3.05, 3.63) is 168 Å². The summed E-state index contributed by atoms with van der Waals surface area (Å²) >= 11 is 0. The van der Waals surface area contributed by atoms with Gasteiger partial charge in [0.15, 0.2) is 5.82 Å². The molecule has 5 heteroatoms. The summed E-state index contributed by atoms with van der Waals surface area (Å²) in [6.07, 6.45) is 3.90. The van der Waals surface area contributed by atoms with Gasteiger partial charge in [-0.3, -0.25) is 4.57 Å². The zero-order chi connectivity index (χ0) is 35.4. The number of phenolic OH excluding ortho intramolecular Hbond substituents is 1. The van der Waals surface area contributed by atoms with E-state index < -0.39 is 0 Å². The average Bonchev–Trinajstić information content (AvgIpc) is 3.62. The largest absolute Gasteiger partial charge is 0.507 e. The van der Waals surface area contributed by atoms with E-state index in [2.05, 4.69) is 153 Å². The molecule has 4 nitrogen and oxygen atoms in total. The Kier molecular flexibility index (Phi) is 8.96. The molecule has 0 amide bonds. The molecule has 0 spiro atoms. The van der Waals surface area contributed by atoms with Gasteiger partial charge in [-0.1, -0.05) is 136 Å². The molecule has 1 aliphatic rings. The zero-order valence-electron chi connectivity index (χ0n) is 29.9. The molecule has 0 saturated heterocycles. The van der Waals surface area contributed by atoms with Crippen LogP contribution in [0.2, 0.25) is 0 Å². The number of aromatic hydroxyl groups is 1. The van der Waals surface area contributed by atoms with Crippen LogP contribution in [0.15, 0.2) is 146 Å². The SMILES string of the molecule is CC(C)(C)c1cc(-c2nc(-c3cccc4ccc[c-]c34)cn2-c2c(-c3ccccc3)cccc2-c2ccccc2)nc2c1CCc1cccc(O)c1-2.[Pt]. The predicted molar refractivity (Wildman–Crippen MR) is 213 cm³/mol. The van der Waals surface area contributed by atoms with E-state index >= 15 is 0 Å². The number of aryl methyl sites for hydroxylation is 1. The van der Waals surface area contributed by atoms with Crippen LogP contribution in [-0.2, 0) is 39.3 Å². The maximum atomic E-state index is 11.3. The van der Waals surface area contributed by atoms with Crippen molar-refractivity contribution < 1.29 is 26.2 Å². The van der Waals surface area contributed by atoms with E-state index in [1.165, 1.54) is 11.1 Å². The van der Waals surface area contributed by atoms with Crippen molar-refractivity contribution in [2.45, 2.75) is 39.0 Å². The van der Waals surface area contributed by atoms with Gasteiger partial charge in [0.2, 0.25) is 0 Å². The van der Waals surface area contributed by atoms with Crippen LogP contribution in [0.3, 0.4) is 0 Å². The number of phenols is 1. The van der Waals surface area contributed by atoms with Crippen molar-refractivity contribution in [1.29, 1.82) is 0 Å². The first-order valence-electron chi connectivity index (χ1n) is 17.9. The van der Waals surface area contributed by atoms with Crippen molar-refractivity contribution in [1.82, 2.24) is 14.5 Å². The topological polar surface area (TPSA) is 50.9 Å². The third-order valence-electron chi connectivity index (χ3n) is 10.3. The van der Waals surface area contributed by atoms with Crippen LogP contribution >= 0.6 is 0 Å². The smallest absolute Gasteiger partial charge is 0.163 e. The summed E-state index contributed by atoms with van der Waals surface area (Å²) in [5.74, 6) is 0.999. The first kappa shape index (κ1) is 34.5. The Balaban J connectivity index is 0.00000400. The molecule has 9 rings (SSSR count). The third-order valence-corrected chi connectivity index (χ3v) is 10.3. The number of hydrogen-bond donors (Lipinski definition) is 1. The molecule has 8 aromatic rings. The standard InChI is InChI=1S/C48H38N3O.Pt/c1-48(2,3)40-29-41(49-45-39(40)28-27-34-21-13-26-43(52)44(34)45)47-50-42(38-25-12-20-31-19-10-11-22-35(31)38)30-51(47)46-36(32-15-6-4-7-16-32)23-14-24-37(46)33-17-8-5-9-18-33;/h4-21,23-26,29-30,52H,27-28H2,1-3H3;/q-1;. The maximum Gasteiger partial charge on any atom is 0.163 e. The van der Waals surface area contributed by atoms with Crippen molar-refractivity contribution >= 4 is 10.8 Å². The first-order valence-corrected chi connectivity index (χ1v) is 17.9. The van der Waals surface area contributed by atoms with E-state index in [-0.39, 0.29) is 32.2 Å². The molecular formula is C48H38N3OPt-. The van der Waals surface area contributed by atoms with Crippen LogP contribution in [0, 0.1) is 6.07 Å². The van der Waals surface area contributed by atoms with Crippen LogP contribution in [0.5, 0.6) is 5.75 Å². The van der Waals surface area contributed by atoms with E-state index in [1.807, 2.05) is 18.2 Å². The quantitative estimate of drug-likeness (QED) is 0.175. The van der Waals surface area contributed by atoms with Crippen LogP contribution in [0.4, 0.5) is 0 Å². The van der Waals surface area contributed by atoms with Gasteiger partial charge >= 0.3 is 0 Å². The third kappa shape index (κ3) is 6.11. The molecule has 0 radical (unpaired) electrons. The Labute approximate surface area is 325 Å². The fraction of sp³-hybridized carbons (Fsp3) is 0.125. The van der Waals surface area contributed by atoms with Gasteiger partial charge in [-0.25, -0.2) is 9.97 Å². The van der Waals surface area contributed by atoms with E-state index in [0.717, 1.165) is 91.2 Å². The van der Waals surface area contributed by atoms with Gasteiger partial charge in [-0.15, -0.1) is 35.0 Å². The fourth-order valence-corrected chi connectivity index (χ4v) is 7.88. The molecule has 1 aliphatic carbocycles. The van der Waals surface area contributed by atoms with Gasteiger partial charge in [0.05, 0.1) is 11.4 Å². The summed E-state index contributed by atoms with van der Waals surface area (Å²) in [6.45, 7) is 6.78. The number of benzene rings is 6. The van der Waals surface area contributed by atoms with Crippen molar-refractivity contribution in [2.24, 2.45) is 0 Å². The number of para-hydroxylation sites is 1. The number of aromatic nitrogens is 3. The molecule has 2 aromatic heterocycles. The van der Waals surface area contributed by atoms with Crippen LogP contribution in [-0.4, -0.2) is 19.6 Å². The number of hydrogen-bond acceptors (Lipinski definition) is 3. The summed E-state index contributed by atoms with van der Waals surface area (Å²) < 4.78 is 2.25. The van der Waals surface area contributed by atoms with Gasteiger partial charge in [0, 0.05) is 49.6 Å². The Morgan fingerprint density at radius 3 is 2.00 bits per heavy atom. The monoisotopic (exact) mass is 867 g/mol. The molecule has 0 saturated carbocycles. The fourth-order valence-electron chi connectivity index (χ4n) is 7.88. The molecule has 1 N–H and O–H groups in total. The second kappa shape index (κ2) is 13.8. The van der Waals surface area contributed by atoms with Gasteiger partial charge in [0.1, 0.15) is 11.4 Å². The van der Waals surface area contributed by atoms with Gasteiger partial charge in [-0.2, -0.15) is 0 Å². The van der Waals surface area contributed by atoms with Crippen molar-refractivity contribution in [2.75, 3.05) is 0 Å². The first-order chi connectivity index (χ1) is 25.3. The van der Waals surface area contributed by atoms with E-state index in [1.54, 1.807) is 6.07 Å². The summed E-state index contributed by atoms with van der Waals surface area (Å²) in [7, 11) is 0. The zero-order valence-corrected chi connectivity index (χ0v) is 32.1. The molecule has 262 valence electrons. The minimum absolute atomic E-state index is 0. The Morgan fingerprint density at radius 2 is 1.30 bits per heavy atom. The average molecular weight is 868 g/mol. The Bertz CT molecular complexity index is 2560. The van der Waals surface area contributed by atoms with E-state index in [0.29, 0.717) is 0 Å². The number of nitrogens with zero attached hydrogens (tertiary/aromatic N) is 3. The van der Waals surface area contributed by atoms with E-state index in [4.69, 9.17) is 9.97 Å². The number of pyridine rings is 1. The minimum Gasteiger partial charge on any atom is -0.507 e. The molecule has 0 fully saturated rings. The summed E-state index contributed by atoms with van der Waals surface area (Å²) in [5.41, 5.74) is 13.1. The number of fused-ring (bicyclic) bond motifs is 4. The summed E-state index contributed by atoms with van der Waals surface area (Å²) in [4.78, 5) is 11.0. The number of imidazole rings is 1. The van der Waals surface area contributed by atoms with Gasteiger partial charge in [-0.05, 0) is 58.2 Å². The normalized spacial score (nSPS) is 12.2. The Morgan fingerprint density at radius 1 is 0.660 bits per heavy atom. The molecule has 53 heavy (non-hydrogen) atoms. The van der Waals surface area contributed by atoms with Crippen molar-refractivity contribution in [3.63, 3.8) is 0 Å². The van der Waals surface area contributed by atoms with Gasteiger partial charge in [0.25, 0.3) is 0 Å². The van der Waals surface area contributed by atoms with Crippen LogP contribution in [0.25, 0.3) is 72.7 Å². The van der Waals surface area contributed by atoms with Crippen LogP contribution < -0.4 is 0 Å². The molecule has 0 aliphatic heterocycles.